The number of nitrogens with zero attached hydrogens (tertiary/aromatic N) is 1. The summed E-state index contributed by atoms with van der Waals surface area (Å²) >= 11 is 0. The second kappa shape index (κ2) is 5.87. The van der Waals surface area contributed by atoms with Crippen molar-refractivity contribution in [1.29, 1.82) is 0 Å². The zero-order valence-electron chi connectivity index (χ0n) is 10.4. The number of phenolic OH excluding ortho intramolecular Hbond substituents is 1. The minimum Gasteiger partial charge on any atom is -0.508 e. The number of aromatic hydroxyl groups is 1. The van der Waals surface area contributed by atoms with Gasteiger partial charge in [-0.05, 0) is 37.0 Å². The fourth-order valence-electron chi connectivity index (χ4n) is 2.41. The molecule has 2 rings (SSSR count). The molecule has 1 saturated heterocycles. The highest BCUT2D eigenvalue weighted by atomic mass is 16.3. The van der Waals surface area contributed by atoms with E-state index in [1.807, 2.05) is 12.1 Å². The Kier molecular flexibility index (Phi) is 4.20. The molecule has 18 heavy (non-hydrogen) atoms. The standard InChI is InChI=1S/C14H19NO3/c16-10-12-2-1-9-15(12)14(18)8-5-11-3-6-13(17)7-4-11/h3-4,6-7,12,16-17H,1-2,5,8-10H2/t12-/m1/s1. The van der Waals surface area contributed by atoms with E-state index < -0.39 is 0 Å². The Morgan fingerprint density at radius 3 is 2.72 bits per heavy atom. The number of aryl methyl sites for hydroxylation is 1. The van der Waals surface area contributed by atoms with Gasteiger partial charge in [-0.15, -0.1) is 0 Å². The molecule has 4 heteroatoms. The van der Waals surface area contributed by atoms with Crippen molar-refractivity contribution in [2.45, 2.75) is 31.7 Å². The first-order valence-corrected chi connectivity index (χ1v) is 6.39. The van der Waals surface area contributed by atoms with E-state index >= 15 is 0 Å². The van der Waals surface area contributed by atoms with Crippen molar-refractivity contribution >= 4 is 5.91 Å². The number of carbonyl (C=O) groups is 1. The number of aliphatic hydroxyl groups is 1. The van der Waals surface area contributed by atoms with E-state index in [1.54, 1.807) is 17.0 Å². The minimum atomic E-state index is 0.0114. The Hall–Kier alpha value is -1.55. The molecule has 1 amide bonds. The van der Waals surface area contributed by atoms with Crippen LogP contribution in [0.5, 0.6) is 5.75 Å². The van der Waals surface area contributed by atoms with Crippen LogP contribution in [-0.4, -0.2) is 40.2 Å². The summed E-state index contributed by atoms with van der Waals surface area (Å²) in [4.78, 5) is 13.8. The van der Waals surface area contributed by atoms with E-state index in [-0.39, 0.29) is 24.3 Å². The zero-order valence-corrected chi connectivity index (χ0v) is 10.4. The molecule has 0 radical (unpaired) electrons. The summed E-state index contributed by atoms with van der Waals surface area (Å²) < 4.78 is 0. The Labute approximate surface area is 107 Å². The number of carbonyl (C=O) groups excluding carboxylic acids is 1. The Balaban J connectivity index is 1.86. The van der Waals surface area contributed by atoms with Crippen molar-refractivity contribution in [3.8, 4) is 5.75 Å². The molecule has 98 valence electrons. The smallest absolute Gasteiger partial charge is 0.223 e. The molecule has 0 aliphatic carbocycles. The van der Waals surface area contributed by atoms with Crippen LogP contribution in [0, 0.1) is 0 Å². The normalized spacial score (nSPS) is 19.2. The predicted molar refractivity (Wildman–Crippen MR) is 68.2 cm³/mol. The summed E-state index contributed by atoms with van der Waals surface area (Å²) in [5, 5.41) is 18.3. The van der Waals surface area contributed by atoms with Gasteiger partial charge in [0.15, 0.2) is 0 Å². The van der Waals surface area contributed by atoms with Crippen LogP contribution in [0.4, 0.5) is 0 Å². The summed E-state index contributed by atoms with van der Waals surface area (Å²) in [5.74, 6) is 0.351. The average molecular weight is 249 g/mol. The quantitative estimate of drug-likeness (QED) is 0.845. The van der Waals surface area contributed by atoms with Gasteiger partial charge in [0, 0.05) is 13.0 Å². The lowest BCUT2D eigenvalue weighted by Crippen LogP contribution is -2.37. The number of hydrogen-bond acceptors (Lipinski definition) is 3. The van der Waals surface area contributed by atoms with Crippen molar-refractivity contribution in [1.82, 2.24) is 4.90 Å². The topological polar surface area (TPSA) is 60.8 Å². The highest BCUT2D eigenvalue weighted by molar-refractivity contribution is 5.77. The van der Waals surface area contributed by atoms with Crippen molar-refractivity contribution in [2.24, 2.45) is 0 Å². The van der Waals surface area contributed by atoms with Gasteiger partial charge in [-0.2, -0.15) is 0 Å². The van der Waals surface area contributed by atoms with E-state index in [4.69, 9.17) is 0 Å². The maximum absolute atomic E-state index is 12.0. The summed E-state index contributed by atoms with van der Waals surface area (Å²) in [6.07, 6.45) is 3.02. The maximum Gasteiger partial charge on any atom is 0.223 e. The molecule has 1 aliphatic rings. The molecule has 2 N–H and O–H groups in total. The predicted octanol–water partition coefficient (Wildman–Crippen LogP) is 1.31. The van der Waals surface area contributed by atoms with Crippen LogP contribution in [0.3, 0.4) is 0 Å². The number of amides is 1. The maximum atomic E-state index is 12.0. The first-order valence-electron chi connectivity index (χ1n) is 6.39. The highest BCUT2D eigenvalue weighted by Gasteiger charge is 2.27. The van der Waals surface area contributed by atoms with E-state index in [9.17, 15) is 15.0 Å². The van der Waals surface area contributed by atoms with Crippen LogP contribution in [0.25, 0.3) is 0 Å². The molecule has 1 aromatic rings. The monoisotopic (exact) mass is 249 g/mol. The number of phenols is 1. The van der Waals surface area contributed by atoms with Crippen molar-refractivity contribution < 1.29 is 15.0 Å². The van der Waals surface area contributed by atoms with E-state index in [0.717, 1.165) is 24.9 Å². The van der Waals surface area contributed by atoms with Crippen LogP contribution in [0.15, 0.2) is 24.3 Å². The summed E-state index contributed by atoms with van der Waals surface area (Å²) in [5.41, 5.74) is 1.04. The molecule has 0 aromatic heterocycles. The molecule has 0 unspecified atom stereocenters. The summed E-state index contributed by atoms with van der Waals surface area (Å²) in [7, 11) is 0. The number of likely N-dealkylation sites (tertiary alicyclic amines) is 1. The van der Waals surface area contributed by atoms with Gasteiger partial charge < -0.3 is 15.1 Å². The molecular weight excluding hydrogens is 230 g/mol. The molecular formula is C14H19NO3. The van der Waals surface area contributed by atoms with Crippen LogP contribution < -0.4 is 0 Å². The third-order valence-electron chi connectivity index (χ3n) is 3.47. The number of hydrogen-bond donors (Lipinski definition) is 2. The van der Waals surface area contributed by atoms with Gasteiger partial charge in [0.25, 0.3) is 0 Å². The largest absolute Gasteiger partial charge is 0.508 e. The lowest BCUT2D eigenvalue weighted by molar-refractivity contribution is -0.132. The van der Waals surface area contributed by atoms with Crippen LogP contribution in [-0.2, 0) is 11.2 Å². The fraction of sp³-hybridized carbons (Fsp3) is 0.500. The highest BCUT2D eigenvalue weighted by Crippen LogP contribution is 2.19. The molecule has 0 saturated carbocycles. The molecule has 4 nitrogen and oxygen atoms in total. The van der Waals surface area contributed by atoms with Crippen molar-refractivity contribution in [3.63, 3.8) is 0 Å². The second-order valence-corrected chi connectivity index (χ2v) is 4.73. The summed E-state index contributed by atoms with van der Waals surface area (Å²) in [6.45, 7) is 0.824. The third kappa shape index (κ3) is 3.01. The Morgan fingerprint density at radius 2 is 2.06 bits per heavy atom. The molecule has 0 spiro atoms. The average Bonchev–Trinajstić information content (AvgIpc) is 2.86. The minimum absolute atomic E-state index is 0.0114. The van der Waals surface area contributed by atoms with Crippen LogP contribution in [0.1, 0.15) is 24.8 Å². The van der Waals surface area contributed by atoms with E-state index in [2.05, 4.69) is 0 Å². The first-order chi connectivity index (χ1) is 8.70. The van der Waals surface area contributed by atoms with E-state index in [0.29, 0.717) is 12.8 Å². The third-order valence-corrected chi connectivity index (χ3v) is 3.47. The number of aliphatic hydroxyl groups excluding tert-OH is 1. The zero-order chi connectivity index (χ0) is 13.0. The van der Waals surface area contributed by atoms with Gasteiger partial charge in [0.05, 0.1) is 12.6 Å². The summed E-state index contributed by atoms with van der Waals surface area (Å²) in [6, 6.07) is 6.93. The van der Waals surface area contributed by atoms with Crippen LogP contribution in [0.2, 0.25) is 0 Å². The van der Waals surface area contributed by atoms with Crippen LogP contribution >= 0.6 is 0 Å². The Bertz CT molecular complexity index is 402. The lowest BCUT2D eigenvalue weighted by atomic mass is 10.1. The molecule has 0 bridgehead atoms. The molecule has 1 heterocycles. The lowest BCUT2D eigenvalue weighted by Gasteiger charge is -2.23. The SMILES string of the molecule is O=C(CCc1ccc(O)cc1)N1CCC[C@@H]1CO. The Morgan fingerprint density at radius 1 is 1.33 bits per heavy atom. The molecule has 1 atom stereocenters. The van der Waals surface area contributed by atoms with Gasteiger partial charge >= 0.3 is 0 Å². The van der Waals surface area contributed by atoms with E-state index in [1.165, 1.54) is 0 Å². The second-order valence-electron chi connectivity index (χ2n) is 4.73. The van der Waals surface area contributed by atoms with Crippen molar-refractivity contribution in [3.05, 3.63) is 29.8 Å². The molecule has 1 aliphatic heterocycles. The van der Waals surface area contributed by atoms with Gasteiger partial charge in [0.1, 0.15) is 5.75 Å². The van der Waals surface area contributed by atoms with Gasteiger partial charge in [-0.1, -0.05) is 12.1 Å². The fourth-order valence-corrected chi connectivity index (χ4v) is 2.41. The molecule has 1 aromatic carbocycles. The van der Waals surface area contributed by atoms with Gasteiger partial charge in [-0.25, -0.2) is 0 Å². The first kappa shape index (κ1) is 12.9. The molecule has 1 fully saturated rings. The number of benzene rings is 1. The van der Waals surface area contributed by atoms with Crippen molar-refractivity contribution in [2.75, 3.05) is 13.2 Å². The van der Waals surface area contributed by atoms with Gasteiger partial charge in [0.2, 0.25) is 5.91 Å². The number of rotatable bonds is 4. The van der Waals surface area contributed by atoms with Gasteiger partial charge in [-0.3, -0.25) is 4.79 Å².